The zero-order valence-electron chi connectivity index (χ0n) is 13.4. The summed E-state index contributed by atoms with van der Waals surface area (Å²) in [4.78, 5) is 22.7. The Kier molecular flexibility index (Phi) is 5.71. The molecular formula is C17H13F4N3O2. The fraction of sp³-hybridized carbons (Fsp3) is 0.118. The number of hydrazone groups is 1. The zero-order valence-corrected chi connectivity index (χ0v) is 13.4. The quantitative estimate of drug-likeness (QED) is 0.493. The highest BCUT2D eigenvalue weighted by atomic mass is 19.4. The number of nitrogens with zero attached hydrogens (tertiary/aromatic N) is 1. The Morgan fingerprint density at radius 3 is 2.19 bits per heavy atom. The number of nitrogens with one attached hydrogen (secondary N) is 2. The van der Waals surface area contributed by atoms with Crippen LogP contribution in [0, 0.1) is 5.82 Å². The van der Waals surface area contributed by atoms with Crippen molar-refractivity contribution in [2.75, 3.05) is 5.32 Å². The van der Waals surface area contributed by atoms with Crippen molar-refractivity contribution in [1.82, 2.24) is 5.43 Å². The Bertz CT molecular complexity index is 846. The van der Waals surface area contributed by atoms with Crippen LogP contribution >= 0.6 is 0 Å². The number of benzene rings is 2. The van der Waals surface area contributed by atoms with Crippen LogP contribution in [0.2, 0.25) is 0 Å². The van der Waals surface area contributed by atoms with E-state index in [1.54, 1.807) is 12.2 Å². The van der Waals surface area contributed by atoms with E-state index in [1.807, 2.05) is 0 Å². The van der Waals surface area contributed by atoms with Gasteiger partial charge in [-0.25, -0.2) is 9.82 Å². The Labute approximate surface area is 145 Å². The molecule has 0 aromatic heterocycles. The molecule has 0 atom stereocenters. The van der Waals surface area contributed by atoms with Crippen LogP contribution in [0.1, 0.15) is 22.8 Å². The molecule has 0 fully saturated rings. The number of rotatable bonds is 4. The molecule has 0 aliphatic carbocycles. The second-order valence-corrected chi connectivity index (χ2v) is 5.15. The molecule has 2 amide bonds. The average molecular weight is 367 g/mol. The molecule has 0 heterocycles. The molecule has 0 saturated heterocycles. The molecular weight excluding hydrogens is 354 g/mol. The minimum Gasteiger partial charge on any atom is -0.318 e. The van der Waals surface area contributed by atoms with Crippen LogP contribution in [-0.2, 0) is 4.79 Å². The number of anilines is 1. The van der Waals surface area contributed by atoms with Crippen molar-refractivity contribution in [3.63, 3.8) is 0 Å². The molecule has 26 heavy (non-hydrogen) atoms. The topological polar surface area (TPSA) is 70.6 Å². The van der Waals surface area contributed by atoms with E-state index < -0.39 is 23.8 Å². The Morgan fingerprint density at radius 2 is 1.62 bits per heavy atom. The van der Waals surface area contributed by atoms with Gasteiger partial charge in [0.25, 0.3) is 5.91 Å². The van der Waals surface area contributed by atoms with Crippen LogP contribution in [-0.4, -0.2) is 23.7 Å². The Balaban J connectivity index is 2.04. The van der Waals surface area contributed by atoms with E-state index >= 15 is 0 Å². The van der Waals surface area contributed by atoms with Gasteiger partial charge in [-0.3, -0.25) is 9.59 Å². The molecule has 0 radical (unpaired) electrons. The normalized spacial score (nSPS) is 11.8. The van der Waals surface area contributed by atoms with Crippen molar-refractivity contribution < 1.29 is 27.2 Å². The van der Waals surface area contributed by atoms with Gasteiger partial charge in [0, 0.05) is 5.69 Å². The summed E-state index contributed by atoms with van der Waals surface area (Å²) in [5.74, 6) is -3.51. The van der Waals surface area contributed by atoms with Gasteiger partial charge in [-0.05, 0) is 36.8 Å². The zero-order chi connectivity index (χ0) is 19.3. The largest absolute Gasteiger partial charge is 0.471 e. The van der Waals surface area contributed by atoms with Crippen LogP contribution in [0.25, 0.3) is 0 Å². The van der Waals surface area contributed by atoms with E-state index in [4.69, 9.17) is 0 Å². The Morgan fingerprint density at radius 1 is 1.00 bits per heavy atom. The van der Waals surface area contributed by atoms with Crippen LogP contribution in [0.5, 0.6) is 0 Å². The van der Waals surface area contributed by atoms with Crippen molar-refractivity contribution in [2.24, 2.45) is 5.10 Å². The highest BCUT2D eigenvalue weighted by molar-refractivity contribution is 6.01. The molecule has 0 aliphatic heterocycles. The first-order valence-corrected chi connectivity index (χ1v) is 7.26. The lowest BCUT2D eigenvalue weighted by atomic mass is 10.1. The average Bonchev–Trinajstić information content (AvgIpc) is 2.59. The molecule has 0 unspecified atom stereocenters. The van der Waals surface area contributed by atoms with Crippen molar-refractivity contribution >= 4 is 23.2 Å². The molecule has 0 spiro atoms. The molecule has 136 valence electrons. The summed E-state index contributed by atoms with van der Waals surface area (Å²) in [6.07, 6.45) is -4.98. The second-order valence-electron chi connectivity index (χ2n) is 5.15. The first-order chi connectivity index (χ1) is 12.2. The first kappa shape index (κ1) is 19.1. The standard InChI is InChI=1S/C17H13F4N3O2/c1-10(23-24-15(25)13-4-2-3-5-14(13)18)11-6-8-12(9-7-11)22-16(26)17(19,20)21/h2-9H,1H3,(H,22,26)(H,24,25)/b23-10-. The maximum Gasteiger partial charge on any atom is 0.471 e. The molecule has 2 aromatic carbocycles. The summed E-state index contributed by atoms with van der Waals surface area (Å²) in [6, 6.07) is 10.7. The number of amides is 2. The maximum atomic E-state index is 13.5. The van der Waals surface area contributed by atoms with Crippen molar-refractivity contribution in [3.8, 4) is 0 Å². The number of hydrogen-bond acceptors (Lipinski definition) is 3. The van der Waals surface area contributed by atoms with Crippen molar-refractivity contribution in [2.45, 2.75) is 13.1 Å². The predicted octanol–water partition coefficient (Wildman–Crippen LogP) is 3.48. The third-order valence-corrected chi connectivity index (χ3v) is 3.26. The smallest absolute Gasteiger partial charge is 0.318 e. The van der Waals surface area contributed by atoms with Crippen LogP contribution in [0.3, 0.4) is 0 Å². The lowest BCUT2D eigenvalue weighted by molar-refractivity contribution is -0.167. The number of carbonyl (C=O) groups is 2. The highest BCUT2D eigenvalue weighted by Gasteiger charge is 2.38. The molecule has 0 aliphatic rings. The van der Waals surface area contributed by atoms with E-state index in [-0.39, 0.29) is 11.3 Å². The Hall–Kier alpha value is -3.23. The molecule has 5 nitrogen and oxygen atoms in total. The minimum atomic E-state index is -4.98. The summed E-state index contributed by atoms with van der Waals surface area (Å²) >= 11 is 0. The lowest BCUT2D eigenvalue weighted by Crippen LogP contribution is -2.29. The van der Waals surface area contributed by atoms with Gasteiger partial charge in [-0.2, -0.15) is 18.3 Å². The summed E-state index contributed by atoms with van der Waals surface area (Å²) in [7, 11) is 0. The van der Waals surface area contributed by atoms with E-state index in [0.717, 1.165) is 6.07 Å². The second kappa shape index (κ2) is 7.77. The minimum absolute atomic E-state index is 0.0423. The van der Waals surface area contributed by atoms with Gasteiger partial charge < -0.3 is 5.32 Å². The summed E-state index contributed by atoms with van der Waals surface area (Å²) in [5.41, 5.74) is 2.81. The van der Waals surface area contributed by atoms with E-state index in [1.165, 1.54) is 42.5 Å². The molecule has 2 N–H and O–H groups in total. The SMILES string of the molecule is C/C(=N/NC(=O)c1ccccc1F)c1ccc(NC(=O)C(F)(F)F)cc1. The number of hydrogen-bond donors (Lipinski definition) is 2. The summed E-state index contributed by atoms with van der Waals surface area (Å²) in [5, 5.41) is 5.54. The fourth-order valence-electron chi connectivity index (χ4n) is 1.90. The number of halogens is 4. The van der Waals surface area contributed by atoms with Gasteiger partial charge in [-0.1, -0.05) is 24.3 Å². The lowest BCUT2D eigenvalue weighted by Gasteiger charge is -2.08. The van der Waals surface area contributed by atoms with Gasteiger partial charge >= 0.3 is 12.1 Å². The molecule has 2 aromatic rings. The van der Waals surface area contributed by atoms with Gasteiger partial charge in [0.2, 0.25) is 0 Å². The van der Waals surface area contributed by atoms with Gasteiger partial charge in [0.05, 0.1) is 11.3 Å². The fourth-order valence-corrected chi connectivity index (χ4v) is 1.90. The third kappa shape index (κ3) is 4.88. The molecule has 0 saturated carbocycles. The molecule has 0 bridgehead atoms. The summed E-state index contributed by atoms with van der Waals surface area (Å²) in [6.45, 7) is 1.55. The maximum absolute atomic E-state index is 13.5. The predicted molar refractivity (Wildman–Crippen MR) is 87.2 cm³/mol. The van der Waals surface area contributed by atoms with Crippen LogP contribution < -0.4 is 10.7 Å². The first-order valence-electron chi connectivity index (χ1n) is 7.26. The number of carbonyl (C=O) groups excluding carboxylic acids is 2. The third-order valence-electron chi connectivity index (χ3n) is 3.26. The highest BCUT2D eigenvalue weighted by Crippen LogP contribution is 2.18. The van der Waals surface area contributed by atoms with Crippen molar-refractivity contribution in [3.05, 3.63) is 65.5 Å². The van der Waals surface area contributed by atoms with Crippen LogP contribution in [0.15, 0.2) is 53.6 Å². The molecule has 9 heteroatoms. The van der Waals surface area contributed by atoms with Gasteiger partial charge in [0.15, 0.2) is 0 Å². The van der Waals surface area contributed by atoms with E-state index in [2.05, 4.69) is 10.5 Å². The van der Waals surface area contributed by atoms with Crippen molar-refractivity contribution in [1.29, 1.82) is 0 Å². The van der Waals surface area contributed by atoms with E-state index in [9.17, 15) is 27.2 Å². The molecule has 2 rings (SSSR count). The van der Waals surface area contributed by atoms with E-state index in [0.29, 0.717) is 11.3 Å². The van der Waals surface area contributed by atoms with Gasteiger partial charge in [0.1, 0.15) is 5.82 Å². The number of alkyl halides is 3. The monoisotopic (exact) mass is 367 g/mol. The van der Waals surface area contributed by atoms with Gasteiger partial charge in [-0.15, -0.1) is 0 Å². The van der Waals surface area contributed by atoms with Crippen LogP contribution in [0.4, 0.5) is 23.2 Å². The summed E-state index contributed by atoms with van der Waals surface area (Å²) < 4.78 is 50.1.